The van der Waals surface area contributed by atoms with Crippen LogP contribution in [0.25, 0.3) is 0 Å². The minimum Gasteiger partial charge on any atom is -0.467 e. The lowest BCUT2D eigenvalue weighted by molar-refractivity contribution is -0.128. The Balaban J connectivity index is 2.36. The number of ether oxygens (including phenoxy) is 1. The Kier molecular flexibility index (Phi) is 3.25. The Hall–Kier alpha value is -1.39. The first kappa shape index (κ1) is 8.70. The zero-order valence-electron chi connectivity index (χ0n) is 6.82. The Morgan fingerprint density at radius 1 is 1.50 bits per heavy atom. The molecule has 0 N–H and O–H groups in total. The molecule has 0 amide bonds. The van der Waals surface area contributed by atoms with Crippen LogP contribution in [-0.2, 0) is 22.4 Å². The predicted molar refractivity (Wildman–Crippen MR) is 39.4 cm³/mol. The average Bonchev–Trinajstić information content (AvgIpc) is 2.53. The van der Waals surface area contributed by atoms with Crippen molar-refractivity contribution in [3.8, 4) is 0 Å². The standard InChI is InChI=1S/C7H10N2O3/c1-2-6-8-9-7(12-6)3-4-11-5-10/h5H,2-4H2,1H3. The van der Waals surface area contributed by atoms with E-state index in [1.54, 1.807) is 0 Å². The van der Waals surface area contributed by atoms with Crippen molar-refractivity contribution >= 4 is 6.47 Å². The molecule has 12 heavy (non-hydrogen) atoms. The van der Waals surface area contributed by atoms with Crippen molar-refractivity contribution in [1.29, 1.82) is 0 Å². The second-order valence-corrected chi connectivity index (χ2v) is 2.16. The molecule has 0 saturated carbocycles. The quantitative estimate of drug-likeness (QED) is 0.471. The second kappa shape index (κ2) is 4.48. The molecule has 0 spiro atoms. The molecule has 0 radical (unpaired) electrons. The lowest BCUT2D eigenvalue weighted by Gasteiger charge is -1.91. The van der Waals surface area contributed by atoms with Crippen molar-refractivity contribution in [2.75, 3.05) is 6.61 Å². The molecular formula is C7H10N2O3. The summed E-state index contributed by atoms with van der Waals surface area (Å²) >= 11 is 0. The van der Waals surface area contributed by atoms with Crippen molar-refractivity contribution in [2.24, 2.45) is 0 Å². The van der Waals surface area contributed by atoms with Crippen LogP contribution in [0.1, 0.15) is 18.7 Å². The molecular weight excluding hydrogens is 160 g/mol. The zero-order valence-corrected chi connectivity index (χ0v) is 6.82. The number of aromatic nitrogens is 2. The van der Waals surface area contributed by atoms with Gasteiger partial charge in [-0.3, -0.25) is 4.79 Å². The molecule has 0 atom stereocenters. The second-order valence-electron chi connectivity index (χ2n) is 2.16. The van der Waals surface area contributed by atoms with Crippen LogP contribution >= 0.6 is 0 Å². The van der Waals surface area contributed by atoms with Gasteiger partial charge in [0.2, 0.25) is 11.8 Å². The molecule has 0 aliphatic rings. The van der Waals surface area contributed by atoms with Gasteiger partial charge in [-0.1, -0.05) is 6.92 Å². The van der Waals surface area contributed by atoms with Crippen LogP contribution in [0.15, 0.2) is 4.42 Å². The Morgan fingerprint density at radius 3 is 2.83 bits per heavy atom. The van der Waals surface area contributed by atoms with Crippen LogP contribution in [-0.4, -0.2) is 23.3 Å². The summed E-state index contributed by atoms with van der Waals surface area (Å²) < 4.78 is 9.63. The van der Waals surface area contributed by atoms with Crippen molar-refractivity contribution in [1.82, 2.24) is 10.2 Å². The molecule has 0 bridgehead atoms. The van der Waals surface area contributed by atoms with Gasteiger partial charge in [-0.05, 0) is 0 Å². The van der Waals surface area contributed by atoms with Crippen LogP contribution in [0, 0.1) is 0 Å². The van der Waals surface area contributed by atoms with E-state index < -0.39 is 0 Å². The molecule has 0 fully saturated rings. The molecule has 1 rings (SSSR count). The van der Waals surface area contributed by atoms with Gasteiger partial charge in [0.05, 0.1) is 13.0 Å². The van der Waals surface area contributed by atoms with E-state index in [1.807, 2.05) is 6.92 Å². The number of aryl methyl sites for hydroxylation is 1. The van der Waals surface area contributed by atoms with Gasteiger partial charge in [-0.2, -0.15) is 0 Å². The molecule has 5 nitrogen and oxygen atoms in total. The normalized spacial score (nSPS) is 9.75. The molecule has 66 valence electrons. The summed E-state index contributed by atoms with van der Waals surface area (Å²) in [6.07, 6.45) is 1.20. The first-order valence-corrected chi connectivity index (χ1v) is 3.73. The monoisotopic (exact) mass is 170 g/mol. The highest BCUT2D eigenvalue weighted by Crippen LogP contribution is 2.00. The maximum absolute atomic E-state index is 9.77. The van der Waals surface area contributed by atoms with Crippen LogP contribution < -0.4 is 0 Å². The van der Waals surface area contributed by atoms with Gasteiger partial charge in [-0.25, -0.2) is 0 Å². The van der Waals surface area contributed by atoms with Crippen molar-refractivity contribution < 1.29 is 13.9 Å². The summed E-state index contributed by atoms with van der Waals surface area (Å²) in [6.45, 7) is 2.62. The lowest BCUT2D eigenvalue weighted by atomic mass is 10.4. The minimum absolute atomic E-state index is 0.287. The number of carbonyl (C=O) groups is 1. The fourth-order valence-corrected chi connectivity index (χ4v) is 0.727. The SMILES string of the molecule is CCc1nnc(CCOC=O)o1. The van der Waals surface area contributed by atoms with Crippen LogP contribution in [0.2, 0.25) is 0 Å². The van der Waals surface area contributed by atoms with E-state index >= 15 is 0 Å². The third-order valence-corrected chi connectivity index (χ3v) is 1.31. The predicted octanol–water partition coefficient (Wildman–Crippen LogP) is 0.347. The summed E-state index contributed by atoms with van der Waals surface area (Å²) in [5.41, 5.74) is 0. The van der Waals surface area contributed by atoms with Crippen molar-refractivity contribution in [3.63, 3.8) is 0 Å². The Morgan fingerprint density at radius 2 is 2.25 bits per heavy atom. The third kappa shape index (κ3) is 2.34. The van der Waals surface area contributed by atoms with E-state index in [0.29, 0.717) is 24.7 Å². The van der Waals surface area contributed by atoms with Gasteiger partial charge in [-0.15, -0.1) is 10.2 Å². The summed E-state index contributed by atoms with van der Waals surface area (Å²) in [5.74, 6) is 1.12. The van der Waals surface area contributed by atoms with E-state index in [4.69, 9.17) is 4.42 Å². The maximum Gasteiger partial charge on any atom is 0.293 e. The highest BCUT2D eigenvalue weighted by Gasteiger charge is 2.02. The molecule has 0 unspecified atom stereocenters. The van der Waals surface area contributed by atoms with Crippen LogP contribution in [0.5, 0.6) is 0 Å². The number of rotatable bonds is 5. The van der Waals surface area contributed by atoms with Gasteiger partial charge in [0.25, 0.3) is 6.47 Å². The molecule has 0 aromatic carbocycles. The first-order valence-electron chi connectivity index (χ1n) is 3.73. The fraction of sp³-hybridized carbons (Fsp3) is 0.571. The summed E-state index contributed by atoms with van der Waals surface area (Å²) in [4.78, 5) is 9.77. The summed E-state index contributed by atoms with van der Waals surface area (Å²) in [7, 11) is 0. The molecule has 0 aliphatic carbocycles. The van der Waals surface area contributed by atoms with Crippen LogP contribution in [0.3, 0.4) is 0 Å². The van der Waals surface area contributed by atoms with E-state index in [0.717, 1.165) is 6.42 Å². The van der Waals surface area contributed by atoms with E-state index in [9.17, 15) is 4.79 Å². The minimum atomic E-state index is 0.287. The van der Waals surface area contributed by atoms with Crippen LogP contribution in [0.4, 0.5) is 0 Å². The zero-order chi connectivity index (χ0) is 8.81. The topological polar surface area (TPSA) is 65.2 Å². The van der Waals surface area contributed by atoms with E-state index in [-0.39, 0.29) is 6.61 Å². The first-order chi connectivity index (χ1) is 5.86. The molecule has 5 heteroatoms. The summed E-state index contributed by atoms with van der Waals surface area (Å²) in [6, 6.07) is 0. The van der Waals surface area contributed by atoms with Gasteiger partial charge in [0.1, 0.15) is 0 Å². The molecule has 0 saturated heterocycles. The number of hydrogen-bond donors (Lipinski definition) is 0. The Bertz CT molecular complexity index is 247. The number of hydrogen-bond acceptors (Lipinski definition) is 5. The van der Waals surface area contributed by atoms with Crippen molar-refractivity contribution in [3.05, 3.63) is 11.8 Å². The van der Waals surface area contributed by atoms with E-state index in [2.05, 4.69) is 14.9 Å². The summed E-state index contributed by atoms with van der Waals surface area (Å²) in [5, 5.41) is 7.50. The smallest absolute Gasteiger partial charge is 0.293 e. The lowest BCUT2D eigenvalue weighted by Crippen LogP contribution is -1.96. The average molecular weight is 170 g/mol. The van der Waals surface area contributed by atoms with Gasteiger partial charge < -0.3 is 9.15 Å². The van der Waals surface area contributed by atoms with E-state index in [1.165, 1.54) is 0 Å². The number of carbonyl (C=O) groups excluding carboxylic acids is 1. The molecule has 1 aromatic rings. The largest absolute Gasteiger partial charge is 0.467 e. The third-order valence-electron chi connectivity index (χ3n) is 1.31. The van der Waals surface area contributed by atoms with Gasteiger partial charge in [0.15, 0.2) is 0 Å². The fourth-order valence-electron chi connectivity index (χ4n) is 0.727. The molecule has 0 aliphatic heterocycles. The van der Waals surface area contributed by atoms with Gasteiger partial charge in [0, 0.05) is 6.42 Å². The van der Waals surface area contributed by atoms with Gasteiger partial charge >= 0.3 is 0 Å². The maximum atomic E-state index is 9.77. The molecule has 1 aromatic heterocycles. The highest BCUT2D eigenvalue weighted by molar-refractivity contribution is 5.36. The molecule has 1 heterocycles. The highest BCUT2D eigenvalue weighted by atomic mass is 16.5. The Labute approximate surface area is 69.7 Å². The van der Waals surface area contributed by atoms with Crippen molar-refractivity contribution in [2.45, 2.75) is 19.8 Å². The number of nitrogens with zero attached hydrogens (tertiary/aromatic N) is 2.